The van der Waals surface area contributed by atoms with Gasteiger partial charge in [-0.1, -0.05) is 12.2 Å². The fourth-order valence-electron chi connectivity index (χ4n) is 2.43. The number of allylic oxidation sites excluding steroid dienone is 1. The Morgan fingerprint density at radius 1 is 1.69 bits per heavy atom. The first kappa shape index (κ1) is 8.75. The quantitative estimate of drug-likeness (QED) is 0.478. The molecule has 2 rings (SSSR count). The number of hydrogen-bond acceptors (Lipinski definition) is 3. The van der Waals surface area contributed by atoms with Crippen LogP contribution in [0.5, 0.6) is 0 Å². The van der Waals surface area contributed by atoms with E-state index in [4.69, 9.17) is 4.74 Å². The van der Waals surface area contributed by atoms with Gasteiger partial charge in [-0.15, -0.1) is 0 Å². The van der Waals surface area contributed by atoms with Crippen molar-refractivity contribution in [3.63, 3.8) is 0 Å². The Morgan fingerprint density at radius 3 is 3.31 bits per heavy atom. The van der Waals surface area contributed by atoms with E-state index in [1.165, 1.54) is 7.11 Å². The van der Waals surface area contributed by atoms with Crippen molar-refractivity contribution in [2.75, 3.05) is 20.2 Å². The van der Waals surface area contributed by atoms with Crippen molar-refractivity contribution in [2.45, 2.75) is 12.8 Å². The summed E-state index contributed by atoms with van der Waals surface area (Å²) in [4.78, 5) is 11.7. The summed E-state index contributed by atoms with van der Waals surface area (Å²) in [6.07, 6.45) is 6.24. The number of hydrogen-bond donors (Lipinski definition) is 1. The molecule has 0 saturated carbocycles. The lowest BCUT2D eigenvalue weighted by molar-refractivity contribution is -0.153. The van der Waals surface area contributed by atoms with Crippen LogP contribution in [0.2, 0.25) is 0 Å². The number of carbonyl (C=O) groups excluding carboxylic acids is 1. The smallest absolute Gasteiger partial charge is 0.313 e. The summed E-state index contributed by atoms with van der Waals surface area (Å²) >= 11 is 0. The second-order valence-corrected chi connectivity index (χ2v) is 3.85. The third-order valence-electron chi connectivity index (χ3n) is 3.23. The summed E-state index contributed by atoms with van der Waals surface area (Å²) in [6, 6.07) is 0. The van der Waals surface area contributed by atoms with Crippen LogP contribution in [0.25, 0.3) is 0 Å². The number of nitrogens with one attached hydrogen (secondary N) is 1. The van der Waals surface area contributed by atoms with Gasteiger partial charge in [-0.2, -0.15) is 0 Å². The van der Waals surface area contributed by atoms with Gasteiger partial charge in [0, 0.05) is 19.0 Å². The van der Waals surface area contributed by atoms with Gasteiger partial charge in [-0.25, -0.2) is 0 Å². The fourth-order valence-corrected chi connectivity index (χ4v) is 2.43. The molecule has 0 radical (unpaired) electrons. The van der Waals surface area contributed by atoms with Gasteiger partial charge in [0.05, 0.1) is 12.5 Å². The van der Waals surface area contributed by atoms with Crippen molar-refractivity contribution in [3.05, 3.63) is 12.2 Å². The van der Waals surface area contributed by atoms with E-state index in [9.17, 15) is 4.79 Å². The average molecular weight is 181 g/mol. The van der Waals surface area contributed by atoms with Crippen LogP contribution < -0.4 is 5.32 Å². The van der Waals surface area contributed by atoms with Crippen LogP contribution in [0.15, 0.2) is 12.2 Å². The van der Waals surface area contributed by atoms with Crippen LogP contribution in [-0.2, 0) is 9.53 Å². The van der Waals surface area contributed by atoms with Gasteiger partial charge in [0.2, 0.25) is 0 Å². The highest BCUT2D eigenvalue weighted by molar-refractivity contribution is 5.78. The predicted molar refractivity (Wildman–Crippen MR) is 49.2 cm³/mol. The lowest BCUT2D eigenvalue weighted by atomic mass is 9.71. The van der Waals surface area contributed by atoms with Gasteiger partial charge in [-0.05, 0) is 12.8 Å². The van der Waals surface area contributed by atoms with Gasteiger partial charge in [0.25, 0.3) is 0 Å². The first-order valence-corrected chi connectivity index (χ1v) is 4.75. The second kappa shape index (κ2) is 3.14. The Morgan fingerprint density at radius 2 is 2.54 bits per heavy atom. The third-order valence-corrected chi connectivity index (χ3v) is 3.23. The summed E-state index contributed by atoms with van der Waals surface area (Å²) in [6.45, 7) is 1.68. The fraction of sp³-hybridized carbons (Fsp3) is 0.700. The summed E-state index contributed by atoms with van der Waals surface area (Å²) in [5.41, 5.74) is -0.260. The molecule has 1 N–H and O–H groups in total. The molecule has 1 aliphatic heterocycles. The first-order chi connectivity index (χ1) is 6.29. The van der Waals surface area contributed by atoms with Crippen molar-refractivity contribution in [1.29, 1.82) is 0 Å². The Kier molecular flexibility index (Phi) is 2.12. The normalized spacial score (nSPS) is 37.2. The molecule has 1 fully saturated rings. The first-order valence-electron chi connectivity index (χ1n) is 4.75. The molecular weight excluding hydrogens is 166 g/mol. The molecule has 2 unspecified atom stereocenters. The van der Waals surface area contributed by atoms with E-state index in [2.05, 4.69) is 17.5 Å². The minimum absolute atomic E-state index is 0.0492. The highest BCUT2D eigenvalue weighted by Crippen LogP contribution is 2.41. The molecule has 0 spiro atoms. The zero-order valence-corrected chi connectivity index (χ0v) is 7.88. The second-order valence-electron chi connectivity index (χ2n) is 3.85. The SMILES string of the molecule is COC(=O)C12CCC=CC1CNC2. The predicted octanol–water partition coefficient (Wildman–Crippen LogP) is 0.715. The number of methoxy groups -OCH3 is 1. The Balaban J connectivity index is 2.27. The van der Waals surface area contributed by atoms with E-state index in [-0.39, 0.29) is 11.4 Å². The number of fused-ring (bicyclic) bond motifs is 1. The van der Waals surface area contributed by atoms with E-state index in [0.717, 1.165) is 25.9 Å². The van der Waals surface area contributed by atoms with E-state index in [1.807, 2.05) is 0 Å². The molecule has 0 amide bonds. The standard InChI is InChI=1S/C10H15NO2/c1-13-9(12)10-5-3-2-4-8(10)6-11-7-10/h2,4,8,11H,3,5-7H2,1H3. The van der Waals surface area contributed by atoms with Crippen LogP contribution in [-0.4, -0.2) is 26.2 Å². The largest absolute Gasteiger partial charge is 0.469 e. The maximum atomic E-state index is 11.7. The summed E-state index contributed by atoms with van der Waals surface area (Å²) in [5.74, 6) is 0.292. The summed E-state index contributed by atoms with van der Waals surface area (Å²) in [7, 11) is 1.48. The van der Waals surface area contributed by atoms with Crippen molar-refractivity contribution in [1.82, 2.24) is 5.32 Å². The number of carbonyl (C=O) groups is 1. The lowest BCUT2D eigenvalue weighted by Gasteiger charge is -2.32. The minimum Gasteiger partial charge on any atom is -0.469 e. The molecule has 13 heavy (non-hydrogen) atoms. The number of esters is 1. The monoisotopic (exact) mass is 181 g/mol. The van der Waals surface area contributed by atoms with E-state index in [0.29, 0.717) is 5.92 Å². The summed E-state index contributed by atoms with van der Waals surface area (Å²) < 4.78 is 4.88. The van der Waals surface area contributed by atoms with Crippen LogP contribution in [0.3, 0.4) is 0 Å². The third kappa shape index (κ3) is 1.18. The molecule has 72 valence electrons. The molecule has 0 bridgehead atoms. The molecule has 2 atom stereocenters. The van der Waals surface area contributed by atoms with Gasteiger partial charge >= 0.3 is 5.97 Å². The Hall–Kier alpha value is -0.830. The molecule has 0 aromatic heterocycles. The Labute approximate surface area is 78.1 Å². The molecular formula is C10H15NO2. The molecule has 1 heterocycles. The Bertz CT molecular complexity index is 249. The van der Waals surface area contributed by atoms with E-state index >= 15 is 0 Å². The lowest BCUT2D eigenvalue weighted by Crippen LogP contribution is -2.40. The van der Waals surface area contributed by atoms with Gasteiger partial charge in [0.15, 0.2) is 0 Å². The van der Waals surface area contributed by atoms with Gasteiger partial charge in [0.1, 0.15) is 0 Å². The highest BCUT2D eigenvalue weighted by atomic mass is 16.5. The topological polar surface area (TPSA) is 38.3 Å². The van der Waals surface area contributed by atoms with Crippen LogP contribution >= 0.6 is 0 Å². The zero-order valence-electron chi connectivity index (χ0n) is 7.88. The molecule has 1 aliphatic carbocycles. The molecule has 0 aromatic carbocycles. The van der Waals surface area contributed by atoms with Gasteiger partial charge in [-0.3, -0.25) is 4.79 Å². The van der Waals surface area contributed by atoms with E-state index in [1.54, 1.807) is 0 Å². The number of rotatable bonds is 1. The maximum Gasteiger partial charge on any atom is 0.313 e. The van der Waals surface area contributed by atoms with Crippen LogP contribution in [0.1, 0.15) is 12.8 Å². The molecule has 2 aliphatic rings. The molecule has 3 nitrogen and oxygen atoms in total. The van der Waals surface area contributed by atoms with Crippen molar-refractivity contribution in [2.24, 2.45) is 11.3 Å². The van der Waals surface area contributed by atoms with Crippen LogP contribution in [0, 0.1) is 11.3 Å². The highest BCUT2D eigenvalue weighted by Gasteiger charge is 2.49. The number of ether oxygens (including phenoxy) is 1. The zero-order chi connectivity index (χ0) is 9.31. The van der Waals surface area contributed by atoms with Gasteiger partial charge < -0.3 is 10.1 Å². The van der Waals surface area contributed by atoms with Crippen LogP contribution in [0.4, 0.5) is 0 Å². The summed E-state index contributed by atoms with van der Waals surface area (Å²) in [5, 5.41) is 3.27. The molecule has 0 aromatic rings. The van der Waals surface area contributed by atoms with Crippen molar-refractivity contribution in [3.8, 4) is 0 Å². The average Bonchev–Trinajstić information content (AvgIpc) is 2.61. The molecule has 1 saturated heterocycles. The molecule has 3 heteroatoms. The van der Waals surface area contributed by atoms with Crippen molar-refractivity contribution >= 4 is 5.97 Å². The van der Waals surface area contributed by atoms with E-state index < -0.39 is 0 Å². The van der Waals surface area contributed by atoms with Crippen molar-refractivity contribution < 1.29 is 9.53 Å². The maximum absolute atomic E-state index is 11.7. The minimum atomic E-state index is -0.260.